The van der Waals surface area contributed by atoms with Crippen LogP contribution in [0.1, 0.15) is 34.6 Å². The van der Waals surface area contributed by atoms with Crippen molar-refractivity contribution in [1.82, 2.24) is 5.32 Å². The second-order valence-corrected chi connectivity index (χ2v) is 4.16. The molecular weight excluding hydrogens is 154 g/mol. The second kappa shape index (κ2) is 2.98. The lowest BCUT2D eigenvalue weighted by molar-refractivity contribution is -0.158. The second-order valence-electron chi connectivity index (χ2n) is 4.16. The van der Waals surface area contributed by atoms with Crippen LogP contribution < -0.4 is 5.32 Å². The third-order valence-electron chi connectivity index (χ3n) is 1.93. The van der Waals surface area contributed by atoms with E-state index < -0.39 is 5.79 Å². The maximum atomic E-state index is 5.72. The highest BCUT2D eigenvalue weighted by molar-refractivity contribution is 4.87. The topological polar surface area (TPSA) is 30.5 Å². The van der Waals surface area contributed by atoms with Crippen molar-refractivity contribution < 1.29 is 9.47 Å². The average Bonchev–Trinajstić information content (AvgIpc) is 2.01. The van der Waals surface area contributed by atoms with E-state index in [1.54, 1.807) is 0 Å². The molecule has 0 spiro atoms. The molecule has 0 bridgehead atoms. The molecule has 1 aliphatic heterocycles. The lowest BCUT2D eigenvalue weighted by Crippen LogP contribution is -2.44. The Bertz CT molecular complexity index is 166. The first-order valence-electron chi connectivity index (χ1n) is 4.49. The van der Waals surface area contributed by atoms with Crippen LogP contribution >= 0.6 is 0 Å². The van der Waals surface area contributed by atoms with E-state index in [0.29, 0.717) is 0 Å². The largest absolute Gasteiger partial charge is 0.340 e. The Morgan fingerprint density at radius 2 is 1.83 bits per heavy atom. The molecule has 12 heavy (non-hydrogen) atoms. The molecule has 1 heterocycles. The SMILES string of the molecule is CCN[C@H]1OC(C)(C)OC1(C)C. The summed E-state index contributed by atoms with van der Waals surface area (Å²) in [7, 11) is 0. The molecule has 1 rings (SSSR count). The molecule has 0 saturated carbocycles. The van der Waals surface area contributed by atoms with Gasteiger partial charge in [-0.25, -0.2) is 0 Å². The Kier molecular flexibility index (Phi) is 2.47. The van der Waals surface area contributed by atoms with Gasteiger partial charge in [0.2, 0.25) is 0 Å². The van der Waals surface area contributed by atoms with Gasteiger partial charge in [0.05, 0.1) is 0 Å². The summed E-state index contributed by atoms with van der Waals surface area (Å²) >= 11 is 0. The first-order valence-corrected chi connectivity index (χ1v) is 4.49. The summed E-state index contributed by atoms with van der Waals surface area (Å²) in [6.45, 7) is 10.9. The summed E-state index contributed by atoms with van der Waals surface area (Å²) in [5, 5.41) is 3.24. The van der Waals surface area contributed by atoms with Gasteiger partial charge in [0.15, 0.2) is 5.79 Å². The van der Waals surface area contributed by atoms with Gasteiger partial charge >= 0.3 is 0 Å². The highest BCUT2D eigenvalue weighted by Crippen LogP contribution is 2.34. The number of hydrogen-bond acceptors (Lipinski definition) is 3. The van der Waals surface area contributed by atoms with Gasteiger partial charge in [0.1, 0.15) is 11.8 Å². The molecule has 0 unspecified atom stereocenters. The summed E-state index contributed by atoms with van der Waals surface area (Å²) in [6.07, 6.45) is -0.00231. The highest BCUT2D eigenvalue weighted by Gasteiger charge is 2.46. The van der Waals surface area contributed by atoms with E-state index in [1.807, 2.05) is 27.7 Å². The normalized spacial score (nSPS) is 32.2. The molecular formula is C9H19NO2. The fraction of sp³-hybridized carbons (Fsp3) is 1.00. The summed E-state index contributed by atoms with van der Waals surface area (Å²) in [5.41, 5.74) is -0.237. The van der Waals surface area contributed by atoms with Crippen LogP contribution in [0.3, 0.4) is 0 Å². The van der Waals surface area contributed by atoms with Crippen molar-refractivity contribution in [2.45, 2.75) is 52.2 Å². The van der Waals surface area contributed by atoms with Crippen molar-refractivity contribution in [2.75, 3.05) is 6.54 Å². The summed E-state index contributed by atoms with van der Waals surface area (Å²) in [4.78, 5) is 0. The monoisotopic (exact) mass is 173 g/mol. The lowest BCUT2D eigenvalue weighted by atomic mass is 10.1. The van der Waals surface area contributed by atoms with E-state index >= 15 is 0 Å². The average molecular weight is 173 g/mol. The summed E-state index contributed by atoms with van der Waals surface area (Å²) in [6, 6.07) is 0. The van der Waals surface area contributed by atoms with Gasteiger partial charge in [-0.05, 0) is 34.2 Å². The third-order valence-corrected chi connectivity index (χ3v) is 1.93. The van der Waals surface area contributed by atoms with Crippen LogP contribution in [0.2, 0.25) is 0 Å². The standard InChI is InChI=1S/C9H19NO2/c1-6-10-7-8(2,3)12-9(4,5)11-7/h7,10H,6H2,1-5H3/t7-/m0/s1. The van der Waals surface area contributed by atoms with E-state index in [2.05, 4.69) is 12.2 Å². The molecule has 1 fully saturated rings. The van der Waals surface area contributed by atoms with Crippen molar-refractivity contribution in [3.8, 4) is 0 Å². The molecule has 1 saturated heterocycles. The van der Waals surface area contributed by atoms with Gasteiger partial charge in [-0.2, -0.15) is 0 Å². The quantitative estimate of drug-likeness (QED) is 0.686. The number of ether oxygens (including phenoxy) is 2. The summed E-state index contributed by atoms with van der Waals surface area (Å²) < 4.78 is 11.4. The van der Waals surface area contributed by atoms with Gasteiger partial charge in [-0.3, -0.25) is 5.32 Å². The highest BCUT2D eigenvalue weighted by atomic mass is 16.8. The molecule has 0 aliphatic carbocycles. The predicted molar refractivity (Wildman–Crippen MR) is 47.8 cm³/mol. The van der Waals surface area contributed by atoms with Crippen molar-refractivity contribution in [1.29, 1.82) is 0 Å². The first kappa shape index (κ1) is 9.96. The maximum absolute atomic E-state index is 5.72. The van der Waals surface area contributed by atoms with Gasteiger partial charge in [0.25, 0.3) is 0 Å². The van der Waals surface area contributed by atoms with Crippen molar-refractivity contribution in [2.24, 2.45) is 0 Å². The molecule has 1 aliphatic rings. The Morgan fingerprint density at radius 1 is 1.25 bits per heavy atom. The van der Waals surface area contributed by atoms with Gasteiger partial charge in [-0.15, -0.1) is 0 Å². The Hall–Kier alpha value is -0.120. The third kappa shape index (κ3) is 1.97. The molecule has 1 atom stereocenters. The molecule has 72 valence electrons. The van der Waals surface area contributed by atoms with Gasteiger partial charge < -0.3 is 9.47 Å². The van der Waals surface area contributed by atoms with Crippen molar-refractivity contribution in [3.63, 3.8) is 0 Å². The number of hydrogen-bond donors (Lipinski definition) is 1. The maximum Gasteiger partial charge on any atom is 0.165 e. The number of nitrogens with one attached hydrogen (secondary N) is 1. The first-order chi connectivity index (χ1) is 5.37. The minimum atomic E-state index is -0.462. The van der Waals surface area contributed by atoms with Gasteiger partial charge in [0, 0.05) is 0 Å². The van der Waals surface area contributed by atoms with Crippen LogP contribution in [0.25, 0.3) is 0 Å². The molecule has 0 aromatic carbocycles. The Labute approximate surface area is 74.4 Å². The number of likely N-dealkylation sites (N-methyl/N-ethyl adjacent to an activating group) is 1. The van der Waals surface area contributed by atoms with E-state index in [1.165, 1.54) is 0 Å². The van der Waals surface area contributed by atoms with Crippen molar-refractivity contribution >= 4 is 0 Å². The van der Waals surface area contributed by atoms with Crippen molar-refractivity contribution in [3.05, 3.63) is 0 Å². The molecule has 3 nitrogen and oxygen atoms in total. The Balaban J connectivity index is 2.64. The van der Waals surface area contributed by atoms with Crippen LogP contribution in [0.4, 0.5) is 0 Å². The van der Waals surface area contributed by atoms with Crippen LogP contribution in [-0.2, 0) is 9.47 Å². The fourth-order valence-electron chi connectivity index (χ4n) is 1.61. The zero-order valence-corrected chi connectivity index (χ0v) is 8.60. The summed E-state index contributed by atoms with van der Waals surface area (Å²) in [5.74, 6) is -0.462. The molecule has 0 amide bonds. The van der Waals surface area contributed by atoms with E-state index in [-0.39, 0.29) is 11.8 Å². The minimum absolute atomic E-state index is 0.00231. The van der Waals surface area contributed by atoms with Crippen LogP contribution in [0.15, 0.2) is 0 Å². The number of rotatable bonds is 2. The lowest BCUT2D eigenvalue weighted by Gasteiger charge is -2.23. The van der Waals surface area contributed by atoms with E-state index in [4.69, 9.17) is 9.47 Å². The van der Waals surface area contributed by atoms with Crippen LogP contribution in [-0.4, -0.2) is 24.2 Å². The molecule has 0 aromatic heterocycles. The smallest absolute Gasteiger partial charge is 0.165 e. The van der Waals surface area contributed by atoms with E-state index in [0.717, 1.165) is 6.54 Å². The van der Waals surface area contributed by atoms with E-state index in [9.17, 15) is 0 Å². The molecule has 0 aromatic rings. The minimum Gasteiger partial charge on any atom is -0.340 e. The van der Waals surface area contributed by atoms with Crippen LogP contribution in [0, 0.1) is 0 Å². The Morgan fingerprint density at radius 3 is 2.17 bits per heavy atom. The van der Waals surface area contributed by atoms with Gasteiger partial charge in [-0.1, -0.05) is 6.92 Å². The fourth-order valence-corrected chi connectivity index (χ4v) is 1.61. The molecule has 0 radical (unpaired) electrons. The zero-order chi connectivity index (χ0) is 9.41. The molecule has 1 N–H and O–H groups in total. The van der Waals surface area contributed by atoms with Crippen LogP contribution in [0.5, 0.6) is 0 Å². The predicted octanol–water partition coefficient (Wildman–Crippen LogP) is 1.48. The zero-order valence-electron chi connectivity index (χ0n) is 8.60. The molecule has 3 heteroatoms.